The molecule has 1 N–H and O–H groups in total. The Kier molecular flexibility index (Phi) is 6.48. The van der Waals surface area contributed by atoms with E-state index in [4.69, 9.17) is 26.2 Å². The number of benzene rings is 2. The molecule has 2 aromatic carbocycles. The van der Waals surface area contributed by atoms with Crippen LogP contribution >= 0.6 is 12.2 Å². The van der Waals surface area contributed by atoms with E-state index in [1.165, 1.54) is 19.2 Å². The van der Waals surface area contributed by atoms with E-state index in [0.717, 1.165) is 16.8 Å². The molecule has 7 nitrogen and oxygen atoms in total. The zero-order valence-electron chi connectivity index (χ0n) is 18.0. The maximum atomic E-state index is 14.2. The first-order chi connectivity index (χ1) is 15.5. The van der Waals surface area contributed by atoms with E-state index < -0.39 is 5.82 Å². The summed E-state index contributed by atoms with van der Waals surface area (Å²) in [6, 6.07) is 14.2. The Morgan fingerprint density at radius 2 is 1.97 bits per heavy atom. The zero-order chi connectivity index (χ0) is 22.7. The molecule has 1 aromatic heterocycles. The Balaban J connectivity index is 1.77. The van der Waals surface area contributed by atoms with Gasteiger partial charge in [-0.1, -0.05) is 35.5 Å². The molecule has 4 rings (SSSR count). The smallest absolute Gasteiger partial charge is 0.258 e. The second-order valence-electron chi connectivity index (χ2n) is 7.21. The highest BCUT2D eigenvalue weighted by Crippen LogP contribution is 2.37. The minimum absolute atomic E-state index is 0.152. The number of methoxy groups -OCH3 is 2. The highest BCUT2D eigenvalue weighted by molar-refractivity contribution is 7.80. The predicted molar refractivity (Wildman–Crippen MR) is 122 cm³/mol. The lowest BCUT2D eigenvalue weighted by Crippen LogP contribution is -2.47. The van der Waals surface area contributed by atoms with Gasteiger partial charge < -0.3 is 24.2 Å². The Morgan fingerprint density at radius 3 is 2.66 bits per heavy atom. The molecular weight excluding hydrogens is 431 g/mol. The van der Waals surface area contributed by atoms with Crippen molar-refractivity contribution >= 4 is 22.9 Å². The topological polar surface area (TPSA) is 72.7 Å². The maximum absolute atomic E-state index is 14.2. The van der Waals surface area contributed by atoms with E-state index in [9.17, 15) is 4.39 Å². The number of aromatic nitrogens is 2. The molecule has 0 saturated heterocycles. The second-order valence-corrected chi connectivity index (χ2v) is 7.60. The van der Waals surface area contributed by atoms with E-state index in [-0.39, 0.29) is 17.6 Å². The van der Waals surface area contributed by atoms with Gasteiger partial charge in [0.15, 0.2) is 16.7 Å². The lowest BCUT2D eigenvalue weighted by atomic mass is 9.95. The van der Waals surface area contributed by atoms with Gasteiger partial charge in [0.25, 0.3) is 5.89 Å². The molecule has 0 saturated carbocycles. The normalized spacial score (nSPS) is 16.3. The number of rotatable bonds is 7. The molecule has 3 aromatic rings. The van der Waals surface area contributed by atoms with Crippen LogP contribution in [0.1, 0.15) is 24.4 Å². The van der Waals surface area contributed by atoms with Gasteiger partial charge in [0.1, 0.15) is 0 Å². The molecule has 0 spiro atoms. The largest absolute Gasteiger partial charge is 0.494 e. The summed E-state index contributed by atoms with van der Waals surface area (Å²) in [5.41, 5.74) is 3.18. The quantitative estimate of drug-likeness (QED) is 0.533. The SMILES string of the molecule is COCCN1C(=S)NC(c2ccccc2)C(c2nc(-c3ccc(OC)c(F)c3)no2)=C1C. The molecule has 0 radical (unpaired) electrons. The average Bonchev–Trinajstić information content (AvgIpc) is 3.29. The molecule has 0 bridgehead atoms. The van der Waals surface area contributed by atoms with Gasteiger partial charge in [-0.15, -0.1) is 0 Å². The number of nitrogens with one attached hydrogen (secondary N) is 1. The number of hydrogen-bond acceptors (Lipinski definition) is 6. The first-order valence-electron chi connectivity index (χ1n) is 10.0. The maximum Gasteiger partial charge on any atom is 0.258 e. The fourth-order valence-corrected chi connectivity index (χ4v) is 4.01. The molecule has 1 atom stereocenters. The van der Waals surface area contributed by atoms with E-state index in [2.05, 4.69) is 15.5 Å². The van der Waals surface area contributed by atoms with Crippen LogP contribution < -0.4 is 10.1 Å². The number of hydrogen-bond donors (Lipinski definition) is 1. The van der Waals surface area contributed by atoms with Gasteiger partial charge in [-0.25, -0.2) is 4.39 Å². The van der Waals surface area contributed by atoms with Crippen molar-refractivity contribution in [2.75, 3.05) is 27.4 Å². The van der Waals surface area contributed by atoms with Gasteiger partial charge in [0.05, 0.1) is 25.3 Å². The number of ether oxygens (including phenoxy) is 2. The third kappa shape index (κ3) is 4.21. The number of allylic oxidation sites excluding steroid dienone is 1. The van der Waals surface area contributed by atoms with Crippen LogP contribution in [-0.2, 0) is 4.74 Å². The minimum atomic E-state index is -0.496. The summed E-state index contributed by atoms with van der Waals surface area (Å²) in [5, 5.41) is 8.07. The van der Waals surface area contributed by atoms with Crippen LogP contribution in [0.4, 0.5) is 4.39 Å². The van der Waals surface area contributed by atoms with Crippen LogP contribution in [0.15, 0.2) is 58.8 Å². The van der Waals surface area contributed by atoms with Gasteiger partial charge in [-0.05, 0) is 42.9 Å². The fourth-order valence-electron chi connectivity index (χ4n) is 3.66. The Labute approximate surface area is 190 Å². The van der Waals surface area contributed by atoms with Crippen molar-refractivity contribution in [3.05, 3.63) is 71.5 Å². The highest BCUT2D eigenvalue weighted by Gasteiger charge is 2.33. The van der Waals surface area contributed by atoms with Crippen LogP contribution in [0.2, 0.25) is 0 Å². The molecule has 1 aliphatic rings. The molecule has 1 unspecified atom stereocenters. The van der Waals surface area contributed by atoms with Crippen molar-refractivity contribution in [1.82, 2.24) is 20.4 Å². The van der Waals surface area contributed by atoms with Crippen molar-refractivity contribution in [1.29, 1.82) is 0 Å². The molecule has 32 heavy (non-hydrogen) atoms. The van der Waals surface area contributed by atoms with Gasteiger partial charge in [-0.2, -0.15) is 4.98 Å². The van der Waals surface area contributed by atoms with E-state index >= 15 is 0 Å². The van der Waals surface area contributed by atoms with Crippen LogP contribution in [0, 0.1) is 5.82 Å². The minimum Gasteiger partial charge on any atom is -0.494 e. The molecule has 166 valence electrons. The van der Waals surface area contributed by atoms with Gasteiger partial charge in [-0.3, -0.25) is 0 Å². The van der Waals surface area contributed by atoms with Crippen LogP contribution in [-0.4, -0.2) is 47.5 Å². The van der Waals surface area contributed by atoms with E-state index in [1.54, 1.807) is 13.2 Å². The third-order valence-electron chi connectivity index (χ3n) is 5.31. The van der Waals surface area contributed by atoms with Crippen LogP contribution in [0.25, 0.3) is 17.0 Å². The first kappa shape index (κ1) is 21.9. The number of nitrogens with zero attached hydrogens (tertiary/aromatic N) is 3. The monoisotopic (exact) mass is 454 g/mol. The average molecular weight is 455 g/mol. The fraction of sp³-hybridized carbons (Fsp3) is 0.261. The van der Waals surface area contributed by atoms with Crippen LogP contribution in [0.5, 0.6) is 5.75 Å². The van der Waals surface area contributed by atoms with E-state index in [0.29, 0.717) is 29.7 Å². The molecular formula is C23H23FN4O3S. The summed E-state index contributed by atoms with van der Waals surface area (Å²) >= 11 is 5.62. The lowest BCUT2D eigenvalue weighted by molar-refractivity contribution is 0.183. The van der Waals surface area contributed by atoms with E-state index in [1.807, 2.05) is 42.2 Å². The molecule has 0 aliphatic carbocycles. The Morgan fingerprint density at radius 1 is 1.19 bits per heavy atom. The summed E-state index contributed by atoms with van der Waals surface area (Å²) in [7, 11) is 3.06. The summed E-state index contributed by atoms with van der Waals surface area (Å²) in [6.07, 6.45) is 0. The summed E-state index contributed by atoms with van der Waals surface area (Å²) in [6.45, 7) is 3.04. The molecule has 1 aliphatic heterocycles. The Hall–Kier alpha value is -3.30. The molecule has 0 fully saturated rings. The van der Waals surface area contributed by atoms with Crippen molar-refractivity contribution in [2.24, 2.45) is 0 Å². The predicted octanol–water partition coefficient (Wildman–Crippen LogP) is 4.19. The number of thiocarbonyl (C=S) groups is 1. The van der Waals surface area contributed by atoms with Gasteiger partial charge >= 0.3 is 0 Å². The van der Waals surface area contributed by atoms with Gasteiger partial charge in [0.2, 0.25) is 5.82 Å². The second kappa shape index (κ2) is 9.46. The van der Waals surface area contributed by atoms with Crippen molar-refractivity contribution in [3.63, 3.8) is 0 Å². The van der Waals surface area contributed by atoms with Gasteiger partial charge in [0, 0.05) is 24.9 Å². The lowest BCUT2D eigenvalue weighted by Gasteiger charge is -2.37. The standard InChI is InChI=1S/C23H23FN4O3S/c1-14-19(22-26-21(27-31-22)16-9-10-18(30-3)17(24)13-16)20(15-7-5-4-6-8-15)25-23(32)28(14)11-12-29-2/h4-10,13,20H,11-12H2,1-3H3,(H,25,32). The van der Waals surface area contributed by atoms with Crippen LogP contribution in [0.3, 0.4) is 0 Å². The molecule has 0 amide bonds. The molecule has 2 heterocycles. The van der Waals surface area contributed by atoms with Crippen molar-refractivity contribution in [2.45, 2.75) is 13.0 Å². The highest BCUT2D eigenvalue weighted by atomic mass is 32.1. The summed E-state index contributed by atoms with van der Waals surface area (Å²) < 4.78 is 30.1. The third-order valence-corrected chi connectivity index (χ3v) is 5.65. The molecule has 9 heteroatoms. The Bertz CT molecular complexity index is 1150. The summed E-state index contributed by atoms with van der Waals surface area (Å²) in [5.74, 6) is 0.272. The number of halogens is 1. The zero-order valence-corrected chi connectivity index (χ0v) is 18.8. The summed E-state index contributed by atoms with van der Waals surface area (Å²) in [4.78, 5) is 6.53. The van der Waals surface area contributed by atoms with Crippen molar-refractivity contribution < 1.29 is 18.4 Å². The first-order valence-corrected chi connectivity index (χ1v) is 10.4. The van der Waals surface area contributed by atoms with Crippen molar-refractivity contribution in [3.8, 4) is 17.1 Å².